The van der Waals surface area contributed by atoms with Crippen molar-refractivity contribution in [1.29, 1.82) is 0 Å². The third-order valence-corrected chi connectivity index (χ3v) is 3.10. The quantitative estimate of drug-likeness (QED) is 0.726. The molecule has 1 fully saturated rings. The van der Waals surface area contributed by atoms with E-state index in [0.717, 1.165) is 43.2 Å². The first kappa shape index (κ1) is 10.3. The van der Waals surface area contributed by atoms with Crippen molar-refractivity contribution in [3.05, 3.63) is 17.8 Å². The van der Waals surface area contributed by atoms with Gasteiger partial charge in [0.15, 0.2) is 5.65 Å². The molecule has 0 atom stereocenters. The number of aromatic nitrogens is 3. The number of nitrogen functional groups attached to an aromatic ring is 1. The fraction of sp³-hybridized carbons (Fsp3) is 0.455. The minimum atomic E-state index is 0.636. The first-order valence-electron chi connectivity index (χ1n) is 5.82. The molecule has 6 heteroatoms. The lowest BCUT2D eigenvalue weighted by atomic mass is 10.3. The SMILES string of the molecule is Cc1cnn2c(N)cc(N3CCNCC3)nc12. The average Bonchev–Trinajstić information content (AvgIpc) is 2.73. The molecule has 3 N–H and O–H groups in total. The zero-order chi connectivity index (χ0) is 11.8. The van der Waals surface area contributed by atoms with Crippen molar-refractivity contribution in [3.63, 3.8) is 0 Å². The molecule has 1 saturated heterocycles. The summed E-state index contributed by atoms with van der Waals surface area (Å²) in [4.78, 5) is 6.89. The Balaban J connectivity index is 2.07. The number of nitrogens with two attached hydrogens (primary N) is 1. The molecule has 2 aromatic heterocycles. The van der Waals surface area contributed by atoms with E-state index in [1.54, 1.807) is 10.7 Å². The van der Waals surface area contributed by atoms with E-state index < -0.39 is 0 Å². The van der Waals surface area contributed by atoms with Crippen LogP contribution in [0.25, 0.3) is 5.65 Å². The van der Waals surface area contributed by atoms with Crippen LogP contribution in [0.1, 0.15) is 5.56 Å². The minimum absolute atomic E-state index is 0.636. The van der Waals surface area contributed by atoms with Crippen molar-refractivity contribution in [2.24, 2.45) is 0 Å². The van der Waals surface area contributed by atoms with E-state index in [2.05, 4.69) is 20.3 Å². The number of aryl methyl sites for hydroxylation is 1. The fourth-order valence-electron chi connectivity index (χ4n) is 2.14. The number of hydrogen-bond donors (Lipinski definition) is 2. The Labute approximate surface area is 99.4 Å². The molecule has 0 radical (unpaired) electrons. The van der Waals surface area contributed by atoms with Crippen LogP contribution in [0.2, 0.25) is 0 Å². The lowest BCUT2D eigenvalue weighted by Crippen LogP contribution is -2.44. The van der Waals surface area contributed by atoms with Gasteiger partial charge in [0.2, 0.25) is 0 Å². The molecule has 0 aliphatic carbocycles. The normalized spacial score (nSPS) is 16.6. The maximum Gasteiger partial charge on any atom is 0.162 e. The van der Waals surface area contributed by atoms with Crippen molar-refractivity contribution < 1.29 is 0 Å². The van der Waals surface area contributed by atoms with Crippen LogP contribution in [0, 0.1) is 6.92 Å². The van der Waals surface area contributed by atoms with Crippen molar-refractivity contribution in [3.8, 4) is 0 Å². The van der Waals surface area contributed by atoms with Crippen LogP contribution in [0.4, 0.5) is 11.6 Å². The van der Waals surface area contributed by atoms with Crippen LogP contribution >= 0.6 is 0 Å². The largest absolute Gasteiger partial charge is 0.383 e. The Bertz CT molecular complexity index is 540. The molecule has 1 aliphatic heterocycles. The predicted molar refractivity (Wildman–Crippen MR) is 67.2 cm³/mol. The molecule has 6 nitrogen and oxygen atoms in total. The Kier molecular flexibility index (Phi) is 2.36. The van der Waals surface area contributed by atoms with Gasteiger partial charge in [-0.1, -0.05) is 0 Å². The highest BCUT2D eigenvalue weighted by Crippen LogP contribution is 2.19. The number of nitrogens with zero attached hydrogens (tertiary/aromatic N) is 4. The first-order chi connectivity index (χ1) is 8.25. The van der Waals surface area contributed by atoms with Gasteiger partial charge < -0.3 is 16.0 Å². The molecule has 0 spiro atoms. The van der Waals surface area contributed by atoms with Crippen molar-refractivity contribution in [1.82, 2.24) is 19.9 Å². The molecule has 0 bridgehead atoms. The standard InChI is InChI=1S/C11H16N6/c1-8-7-14-17-9(12)6-10(15-11(8)17)16-4-2-13-3-5-16/h6-7,13H,2-5,12H2,1H3. The van der Waals surface area contributed by atoms with Gasteiger partial charge in [-0.2, -0.15) is 9.61 Å². The molecule has 0 saturated carbocycles. The zero-order valence-electron chi connectivity index (χ0n) is 9.85. The molecule has 1 aliphatic rings. The zero-order valence-corrected chi connectivity index (χ0v) is 9.85. The molecule has 0 aromatic carbocycles. The fourth-order valence-corrected chi connectivity index (χ4v) is 2.14. The molecule has 17 heavy (non-hydrogen) atoms. The summed E-state index contributed by atoms with van der Waals surface area (Å²) in [7, 11) is 0. The van der Waals surface area contributed by atoms with E-state index in [-0.39, 0.29) is 0 Å². The second-order valence-corrected chi connectivity index (χ2v) is 4.34. The number of piperazine rings is 1. The monoisotopic (exact) mass is 232 g/mol. The maximum atomic E-state index is 6.00. The van der Waals surface area contributed by atoms with E-state index >= 15 is 0 Å². The summed E-state index contributed by atoms with van der Waals surface area (Å²) in [6.07, 6.45) is 1.79. The van der Waals surface area contributed by atoms with Gasteiger partial charge in [0, 0.05) is 37.8 Å². The Hall–Kier alpha value is -1.82. The molecular formula is C11H16N6. The summed E-state index contributed by atoms with van der Waals surface area (Å²) in [6, 6.07) is 1.89. The van der Waals surface area contributed by atoms with Crippen LogP contribution in [0.5, 0.6) is 0 Å². The average molecular weight is 232 g/mol. The molecule has 3 rings (SSSR count). The van der Waals surface area contributed by atoms with E-state index in [4.69, 9.17) is 5.73 Å². The molecule has 90 valence electrons. The highest BCUT2D eigenvalue weighted by Gasteiger charge is 2.14. The third kappa shape index (κ3) is 1.70. The van der Waals surface area contributed by atoms with Gasteiger partial charge in [0.1, 0.15) is 11.6 Å². The van der Waals surface area contributed by atoms with E-state index in [9.17, 15) is 0 Å². The number of hydrogen-bond acceptors (Lipinski definition) is 5. The summed E-state index contributed by atoms with van der Waals surface area (Å²) in [5.74, 6) is 1.58. The highest BCUT2D eigenvalue weighted by molar-refractivity contribution is 5.59. The number of fused-ring (bicyclic) bond motifs is 1. The molecule has 0 amide bonds. The topological polar surface area (TPSA) is 71.5 Å². The van der Waals surface area contributed by atoms with E-state index in [1.807, 2.05) is 13.0 Å². The van der Waals surface area contributed by atoms with Crippen LogP contribution in [-0.2, 0) is 0 Å². The van der Waals surface area contributed by atoms with E-state index in [1.165, 1.54) is 0 Å². The van der Waals surface area contributed by atoms with Crippen molar-refractivity contribution in [2.75, 3.05) is 36.8 Å². The lowest BCUT2D eigenvalue weighted by molar-refractivity contribution is 0.585. The van der Waals surface area contributed by atoms with Crippen LogP contribution in [0.15, 0.2) is 12.3 Å². The molecule has 0 unspecified atom stereocenters. The molecule has 2 aromatic rings. The number of nitrogens with one attached hydrogen (secondary N) is 1. The lowest BCUT2D eigenvalue weighted by Gasteiger charge is -2.28. The second kappa shape index (κ2) is 3.89. The maximum absolute atomic E-state index is 6.00. The van der Waals surface area contributed by atoms with Gasteiger partial charge in [-0.25, -0.2) is 4.98 Å². The molecule has 3 heterocycles. The van der Waals surface area contributed by atoms with Crippen LogP contribution in [-0.4, -0.2) is 40.8 Å². The van der Waals surface area contributed by atoms with E-state index in [0.29, 0.717) is 5.82 Å². The van der Waals surface area contributed by atoms with Crippen molar-refractivity contribution >= 4 is 17.3 Å². The Morgan fingerprint density at radius 1 is 1.35 bits per heavy atom. The smallest absolute Gasteiger partial charge is 0.162 e. The van der Waals surface area contributed by atoms with Gasteiger partial charge in [-0.15, -0.1) is 0 Å². The summed E-state index contributed by atoms with van der Waals surface area (Å²) in [6.45, 7) is 5.91. The minimum Gasteiger partial charge on any atom is -0.383 e. The van der Waals surface area contributed by atoms with Gasteiger partial charge in [-0.3, -0.25) is 0 Å². The van der Waals surface area contributed by atoms with Crippen LogP contribution < -0.4 is 16.0 Å². The summed E-state index contributed by atoms with van der Waals surface area (Å²) in [5, 5.41) is 7.53. The van der Waals surface area contributed by atoms with Gasteiger partial charge in [0.25, 0.3) is 0 Å². The van der Waals surface area contributed by atoms with Crippen LogP contribution in [0.3, 0.4) is 0 Å². The third-order valence-electron chi connectivity index (χ3n) is 3.10. The number of anilines is 2. The Morgan fingerprint density at radius 2 is 2.12 bits per heavy atom. The summed E-state index contributed by atoms with van der Waals surface area (Å²) >= 11 is 0. The molecular weight excluding hydrogens is 216 g/mol. The number of rotatable bonds is 1. The van der Waals surface area contributed by atoms with Gasteiger partial charge in [-0.05, 0) is 6.92 Å². The second-order valence-electron chi connectivity index (χ2n) is 4.34. The Morgan fingerprint density at radius 3 is 2.88 bits per heavy atom. The highest BCUT2D eigenvalue weighted by atomic mass is 15.3. The summed E-state index contributed by atoms with van der Waals surface area (Å²) < 4.78 is 1.68. The van der Waals surface area contributed by atoms with Crippen molar-refractivity contribution in [2.45, 2.75) is 6.92 Å². The van der Waals surface area contributed by atoms with Gasteiger partial charge >= 0.3 is 0 Å². The van der Waals surface area contributed by atoms with Gasteiger partial charge in [0.05, 0.1) is 6.20 Å². The summed E-state index contributed by atoms with van der Waals surface area (Å²) in [5.41, 5.74) is 7.89. The first-order valence-corrected chi connectivity index (χ1v) is 5.82. The predicted octanol–water partition coefficient (Wildman–Crippen LogP) is 0.0295.